The van der Waals surface area contributed by atoms with Crippen molar-refractivity contribution in [3.05, 3.63) is 82.8 Å². The predicted octanol–water partition coefficient (Wildman–Crippen LogP) is 4.98. The van der Waals surface area contributed by atoms with E-state index in [2.05, 4.69) is 0 Å². The lowest BCUT2D eigenvalue weighted by Gasteiger charge is -2.13. The van der Waals surface area contributed by atoms with Gasteiger partial charge in [-0.15, -0.1) is 0 Å². The van der Waals surface area contributed by atoms with Gasteiger partial charge < -0.3 is 4.74 Å². The number of hydrogen-bond acceptors (Lipinski definition) is 5. The summed E-state index contributed by atoms with van der Waals surface area (Å²) in [7, 11) is 0. The predicted molar refractivity (Wildman–Crippen MR) is 113 cm³/mol. The zero-order valence-electron chi connectivity index (χ0n) is 15.4. The van der Waals surface area contributed by atoms with Crippen molar-refractivity contribution in [3.8, 4) is 11.8 Å². The first-order chi connectivity index (χ1) is 14.1. The van der Waals surface area contributed by atoms with Gasteiger partial charge in [-0.3, -0.25) is 14.5 Å². The number of ether oxygens (including phenoxy) is 1. The highest BCUT2D eigenvalue weighted by molar-refractivity contribution is 8.18. The van der Waals surface area contributed by atoms with Crippen LogP contribution in [0.3, 0.4) is 0 Å². The SMILES string of the molecule is N#CCOc1cccc(/C=C2\SC(=O)N(Cc3ccc4ccccc4c3)C2=O)c1. The Kier molecular flexibility index (Phi) is 5.32. The molecule has 3 aromatic rings. The Morgan fingerprint density at radius 1 is 1.00 bits per heavy atom. The van der Waals surface area contributed by atoms with E-state index in [-0.39, 0.29) is 24.3 Å². The zero-order chi connectivity index (χ0) is 20.2. The second-order valence-electron chi connectivity index (χ2n) is 6.47. The number of carbonyl (C=O) groups is 2. The Morgan fingerprint density at radius 3 is 2.66 bits per heavy atom. The minimum Gasteiger partial charge on any atom is -0.479 e. The lowest BCUT2D eigenvalue weighted by Crippen LogP contribution is -2.27. The molecule has 6 heteroatoms. The molecule has 0 atom stereocenters. The summed E-state index contributed by atoms with van der Waals surface area (Å²) in [6, 6.07) is 22.9. The molecule has 1 heterocycles. The molecule has 0 unspecified atom stereocenters. The van der Waals surface area contributed by atoms with Crippen LogP contribution in [-0.2, 0) is 11.3 Å². The molecule has 0 spiro atoms. The van der Waals surface area contributed by atoms with E-state index in [1.807, 2.05) is 54.6 Å². The average molecular weight is 400 g/mol. The molecule has 3 aromatic carbocycles. The van der Waals surface area contributed by atoms with Crippen molar-refractivity contribution in [1.82, 2.24) is 4.90 Å². The fourth-order valence-electron chi connectivity index (χ4n) is 3.12. The minimum atomic E-state index is -0.309. The smallest absolute Gasteiger partial charge is 0.293 e. The van der Waals surface area contributed by atoms with E-state index in [0.717, 1.165) is 33.7 Å². The Morgan fingerprint density at radius 2 is 1.83 bits per heavy atom. The molecule has 0 N–H and O–H groups in total. The van der Waals surface area contributed by atoms with Crippen LogP contribution in [0.4, 0.5) is 4.79 Å². The lowest BCUT2D eigenvalue weighted by atomic mass is 10.1. The zero-order valence-corrected chi connectivity index (χ0v) is 16.2. The Labute approximate surface area is 172 Å². The number of nitriles is 1. The molecule has 0 saturated carbocycles. The highest BCUT2D eigenvalue weighted by Crippen LogP contribution is 2.34. The van der Waals surface area contributed by atoms with Gasteiger partial charge in [0.05, 0.1) is 11.4 Å². The van der Waals surface area contributed by atoms with Crippen LogP contribution in [0.1, 0.15) is 11.1 Å². The van der Waals surface area contributed by atoms with Crippen LogP contribution in [0, 0.1) is 11.3 Å². The standard InChI is InChI=1S/C23H16N2O3S/c24-10-11-28-20-7-3-4-16(13-20)14-21-22(26)25(23(27)29-21)15-17-8-9-18-5-1-2-6-19(18)12-17/h1-9,12-14H,11,15H2/b21-14-. The maximum absolute atomic E-state index is 12.8. The fourth-order valence-corrected chi connectivity index (χ4v) is 3.96. The van der Waals surface area contributed by atoms with E-state index in [0.29, 0.717) is 10.7 Å². The molecule has 1 saturated heterocycles. The summed E-state index contributed by atoms with van der Waals surface area (Å²) in [6.07, 6.45) is 1.67. The topological polar surface area (TPSA) is 70.4 Å². The largest absolute Gasteiger partial charge is 0.479 e. The highest BCUT2D eigenvalue weighted by Gasteiger charge is 2.35. The van der Waals surface area contributed by atoms with Crippen LogP contribution < -0.4 is 4.74 Å². The summed E-state index contributed by atoms with van der Waals surface area (Å²) in [5.41, 5.74) is 1.63. The van der Waals surface area contributed by atoms with Crippen molar-refractivity contribution in [1.29, 1.82) is 5.26 Å². The number of amides is 2. The van der Waals surface area contributed by atoms with E-state index in [1.165, 1.54) is 4.90 Å². The van der Waals surface area contributed by atoms with Crippen molar-refractivity contribution in [2.75, 3.05) is 6.61 Å². The number of fused-ring (bicyclic) bond motifs is 1. The number of benzene rings is 3. The third-order valence-corrected chi connectivity index (χ3v) is 5.39. The summed E-state index contributed by atoms with van der Waals surface area (Å²) >= 11 is 0.929. The first-order valence-corrected chi connectivity index (χ1v) is 9.78. The Hall–Kier alpha value is -3.56. The molecule has 0 aliphatic carbocycles. The van der Waals surface area contributed by atoms with E-state index >= 15 is 0 Å². The molecular formula is C23H16N2O3S. The number of carbonyl (C=O) groups excluding carboxylic acids is 2. The molecule has 2 amide bonds. The van der Waals surface area contributed by atoms with E-state index in [1.54, 1.807) is 24.3 Å². The summed E-state index contributed by atoms with van der Waals surface area (Å²) < 4.78 is 5.28. The third kappa shape index (κ3) is 4.15. The van der Waals surface area contributed by atoms with E-state index in [4.69, 9.17) is 10.00 Å². The number of thioether (sulfide) groups is 1. The van der Waals surface area contributed by atoms with Gasteiger partial charge in [0.15, 0.2) is 6.61 Å². The summed E-state index contributed by atoms with van der Waals surface area (Å²) in [6.45, 7) is 0.184. The van der Waals surface area contributed by atoms with Gasteiger partial charge in [0.1, 0.15) is 11.8 Å². The van der Waals surface area contributed by atoms with Crippen LogP contribution in [-0.4, -0.2) is 22.7 Å². The summed E-state index contributed by atoms with van der Waals surface area (Å²) in [5, 5.41) is 10.5. The second kappa shape index (κ2) is 8.21. The van der Waals surface area contributed by atoms with Crippen LogP contribution in [0.2, 0.25) is 0 Å². The molecule has 4 rings (SSSR count). The number of nitrogens with zero attached hydrogens (tertiary/aromatic N) is 2. The number of rotatable bonds is 5. The molecule has 29 heavy (non-hydrogen) atoms. The van der Waals surface area contributed by atoms with Crippen molar-refractivity contribution in [2.24, 2.45) is 0 Å². The van der Waals surface area contributed by atoms with Crippen molar-refractivity contribution in [3.63, 3.8) is 0 Å². The van der Waals surface area contributed by atoms with Gasteiger partial charge in [0.25, 0.3) is 11.1 Å². The Balaban J connectivity index is 1.54. The molecule has 0 bridgehead atoms. The van der Waals surface area contributed by atoms with Crippen LogP contribution in [0.25, 0.3) is 16.8 Å². The van der Waals surface area contributed by atoms with Crippen molar-refractivity contribution >= 4 is 39.8 Å². The van der Waals surface area contributed by atoms with Crippen LogP contribution >= 0.6 is 11.8 Å². The third-order valence-electron chi connectivity index (χ3n) is 4.49. The second-order valence-corrected chi connectivity index (χ2v) is 7.46. The van der Waals surface area contributed by atoms with Gasteiger partial charge in [-0.1, -0.05) is 48.5 Å². The van der Waals surface area contributed by atoms with Gasteiger partial charge >= 0.3 is 0 Å². The monoisotopic (exact) mass is 400 g/mol. The Bertz CT molecular complexity index is 1180. The fraction of sp³-hybridized carbons (Fsp3) is 0.0870. The quantitative estimate of drug-likeness (QED) is 0.565. The minimum absolute atomic E-state index is 0.0499. The van der Waals surface area contributed by atoms with Gasteiger partial charge in [-0.2, -0.15) is 5.26 Å². The lowest BCUT2D eigenvalue weighted by molar-refractivity contribution is -0.123. The average Bonchev–Trinajstić information content (AvgIpc) is 3.00. The van der Waals surface area contributed by atoms with E-state index in [9.17, 15) is 9.59 Å². The molecule has 5 nitrogen and oxygen atoms in total. The number of hydrogen-bond donors (Lipinski definition) is 0. The molecule has 1 aliphatic rings. The molecule has 1 fully saturated rings. The van der Waals surface area contributed by atoms with Crippen molar-refractivity contribution in [2.45, 2.75) is 6.54 Å². The molecular weight excluding hydrogens is 384 g/mol. The molecule has 0 aromatic heterocycles. The van der Waals surface area contributed by atoms with Crippen LogP contribution in [0.15, 0.2) is 71.6 Å². The van der Waals surface area contributed by atoms with Gasteiger partial charge in [0.2, 0.25) is 0 Å². The normalized spacial score (nSPS) is 15.1. The van der Waals surface area contributed by atoms with E-state index < -0.39 is 0 Å². The summed E-state index contributed by atoms with van der Waals surface area (Å²) in [4.78, 5) is 26.8. The van der Waals surface area contributed by atoms with Crippen molar-refractivity contribution < 1.29 is 14.3 Å². The van der Waals surface area contributed by atoms with Gasteiger partial charge in [-0.25, -0.2) is 0 Å². The number of imide groups is 1. The molecule has 1 aliphatic heterocycles. The first-order valence-electron chi connectivity index (χ1n) is 8.97. The first kappa shape index (κ1) is 18.8. The molecule has 142 valence electrons. The molecule has 0 radical (unpaired) electrons. The van der Waals surface area contributed by atoms with Crippen LogP contribution in [0.5, 0.6) is 5.75 Å². The maximum atomic E-state index is 12.8. The maximum Gasteiger partial charge on any atom is 0.293 e. The van der Waals surface area contributed by atoms with Gasteiger partial charge in [0, 0.05) is 0 Å². The summed E-state index contributed by atoms with van der Waals surface area (Å²) in [5.74, 6) is 0.229. The van der Waals surface area contributed by atoms with Gasteiger partial charge in [-0.05, 0) is 57.9 Å². The highest BCUT2D eigenvalue weighted by atomic mass is 32.2.